The Morgan fingerprint density at radius 3 is 2.37 bits per heavy atom. The van der Waals surface area contributed by atoms with Crippen molar-refractivity contribution in [3.63, 3.8) is 0 Å². The average molecular weight is 629 g/mol. The molecule has 0 saturated carbocycles. The van der Waals surface area contributed by atoms with Crippen LogP contribution in [0.2, 0.25) is 0 Å². The fourth-order valence-electron chi connectivity index (χ4n) is 4.06. The lowest BCUT2D eigenvalue weighted by atomic mass is 10.1. The number of aromatic nitrogens is 2. The monoisotopic (exact) mass is 628 g/mol. The fraction of sp³-hybridized carbons (Fsp3) is 0.320. The Morgan fingerprint density at radius 1 is 1.16 bits per heavy atom. The normalized spacial score (nSPS) is 16.7. The summed E-state index contributed by atoms with van der Waals surface area (Å²) in [5.74, 6) is -1.05. The van der Waals surface area contributed by atoms with Crippen molar-refractivity contribution >= 4 is 33.4 Å². The van der Waals surface area contributed by atoms with Gasteiger partial charge in [0.2, 0.25) is 5.82 Å². The fourth-order valence-corrected chi connectivity index (χ4v) is 5.67. The smallest absolute Gasteiger partial charge is 0.444 e. The van der Waals surface area contributed by atoms with Gasteiger partial charge in [-0.05, 0) is 38.5 Å². The number of hydrogen-bond acceptors (Lipinski definition) is 10. The molecule has 0 aliphatic carbocycles. The summed E-state index contributed by atoms with van der Waals surface area (Å²) in [5.41, 5.74) is 0.137. The second-order valence-electron chi connectivity index (χ2n) is 10.3. The number of benzene rings is 2. The van der Waals surface area contributed by atoms with E-state index in [9.17, 15) is 40.4 Å². The zero-order valence-electron chi connectivity index (χ0n) is 22.7. The number of hydrogen-bond donors (Lipinski definition) is 3. The third-order valence-electron chi connectivity index (χ3n) is 5.91. The summed E-state index contributed by atoms with van der Waals surface area (Å²) in [4.78, 5) is 42.0. The number of carbonyl (C=O) groups excluding carboxylic acids is 3. The molecule has 0 unspecified atom stereocenters. The SMILES string of the molecule is CC(C)(C)OC(=O)N[C@H]1CS(=O)(=O)c2cc(F)c(C(=O)NN)cc2N(Cc2ccc(-c3noc(C(F)(F)F)n3)cc2)C1=O. The summed E-state index contributed by atoms with van der Waals surface area (Å²) in [6, 6.07) is 5.15. The van der Waals surface area contributed by atoms with E-state index in [2.05, 4.69) is 20.0 Å². The zero-order valence-corrected chi connectivity index (χ0v) is 23.5. The van der Waals surface area contributed by atoms with Crippen LogP contribution in [0, 0.1) is 5.82 Å². The predicted molar refractivity (Wildman–Crippen MR) is 139 cm³/mol. The lowest BCUT2D eigenvalue weighted by Gasteiger charge is -2.27. The molecule has 43 heavy (non-hydrogen) atoms. The Labute approximate surface area is 241 Å². The molecule has 1 aliphatic rings. The van der Waals surface area contributed by atoms with Gasteiger partial charge in [0, 0.05) is 5.56 Å². The van der Waals surface area contributed by atoms with Gasteiger partial charge < -0.3 is 19.5 Å². The van der Waals surface area contributed by atoms with Crippen LogP contribution >= 0.6 is 0 Å². The lowest BCUT2D eigenvalue weighted by Crippen LogP contribution is -2.51. The van der Waals surface area contributed by atoms with Crippen LogP contribution in [0.1, 0.15) is 42.6 Å². The highest BCUT2D eigenvalue weighted by molar-refractivity contribution is 7.91. The van der Waals surface area contributed by atoms with Gasteiger partial charge in [-0.2, -0.15) is 18.2 Å². The highest BCUT2D eigenvalue weighted by Crippen LogP contribution is 2.35. The summed E-state index contributed by atoms with van der Waals surface area (Å²) >= 11 is 0. The van der Waals surface area contributed by atoms with Crippen LogP contribution in [0.4, 0.5) is 28.0 Å². The van der Waals surface area contributed by atoms with Crippen LogP contribution in [0.5, 0.6) is 0 Å². The highest BCUT2D eigenvalue weighted by atomic mass is 32.2. The van der Waals surface area contributed by atoms with Crippen molar-refractivity contribution in [1.29, 1.82) is 0 Å². The molecule has 1 aromatic heterocycles. The number of fused-ring (bicyclic) bond motifs is 1. The number of sulfone groups is 1. The number of ether oxygens (including phenoxy) is 1. The van der Waals surface area contributed by atoms with Crippen molar-refractivity contribution in [2.75, 3.05) is 10.7 Å². The minimum absolute atomic E-state index is 0.126. The second kappa shape index (κ2) is 11.3. The molecule has 3 amide bonds. The number of nitrogen functional groups attached to an aromatic ring is 1. The lowest BCUT2D eigenvalue weighted by molar-refractivity contribution is -0.159. The molecular formula is C25H24F4N6O7S. The first-order chi connectivity index (χ1) is 19.9. The van der Waals surface area contributed by atoms with Gasteiger partial charge in [0.25, 0.3) is 11.8 Å². The van der Waals surface area contributed by atoms with Crippen LogP contribution in [-0.2, 0) is 32.1 Å². The number of amides is 3. The average Bonchev–Trinajstić information content (AvgIpc) is 3.39. The van der Waals surface area contributed by atoms with Crippen molar-refractivity contribution in [3.05, 3.63) is 59.2 Å². The molecule has 2 aromatic carbocycles. The van der Waals surface area contributed by atoms with Gasteiger partial charge in [0.05, 0.1) is 28.4 Å². The van der Waals surface area contributed by atoms with E-state index in [-0.39, 0.29) is 23.6 Å². The maximum absolute atomic E-state index is 14.9. The van der Waals surface area contributed by atoms with Gasteiger partial charge in [-0.1, -0.05) is 29.4 Å². The van der Waals surface area contributed by atoms with Crippen molar-refractivity contribution in [2.45, 2.75) is 50.0 Å². The first-order valence-corrected chi connectivity index (χ1v) is 13.9. The van der Waals surface area contributed by atoms with E-state index >= 15 is 0 Å². The molecule has 2 heterocycles. The molecule has 0 spiro atoms. The topological polar surface area (TPSA) is 187 Å². The van der Waals surface area contributed by atoms with E-state index in [0.717, 1.165) is 11.0 Å². The Hall–Kier alpha value is -4.58. The molecule has 3 aromatic rings. The number of nitrogens with two attached hydrogens (primary N) is 1. The van der Waals surface area contributed by atoms with Gasteiger partial charge in [-0.25, -0.2) is 23.4 Å². The van der Waals surface area contributed by atoms with E-state index in [4.69, 9.17) is 10.6 Å². The van der Waals surface area contributed by atoms with Gasteiger partial charge in [-0.15, -0.1) is 0 Å². The summed E-state index contributed by atoms with van der Waals surface area (Å²) in [6.07, 6.45) is -5.95. The van der Waals surface area contributed by atoms with Crippen LogP contribution < -0.4 is 21.5 Å². The number of nitrogens with one attached hydrogen (secondary N) is 2. The maximum atomic E-state index is 14.9. The molecule has 1 atom stereocenters. The number of alkyl halides is 3. The minimum atomic E-state index is -4.85. The molecule has 0 bridgehead atoms. The number of anilines is 1. The van der Waals surface area contributed by atoms with Gasteiger partial charge >= 0.3 is 18.2 Å². The molecule has 4 rings (SSSR count). The third-order valence-corrected chi connectivity index (χ3v) is 7.68. The molecule has 1 aliphatic heterocycles. The van der Waals surface area contributed by atoms with Crippen molar-refractivity contribution in [1.82, 2.24) is 20.9 Å². The Kier molecular flexibility index (Phi) is 8.20. The van der Waals surface area contributed by atoms with Crippen molar-refractivity contribution in [2.24, 2.45) is 5.84 Å². The number of carbonyl (C=O) groups is 3. The largest absolute Gasteiger partial charge is 0.471 e. The number of rotatable bonds is 5. The number of nitrogens with zero attached hydrogens (tertiary/aromatic N) is 3. The molecule has 0 fully saturated rings. The molecule has 230 valence electrons. The van der Waals surface area contributed by atoms with Crippen molar-refractivity contribution in [3.8, 4) is 11.4 Å². The standard InChI is InChI=1S/C25H24F4N6O7S/c1-24(2,3)41-23(38)31-16-11-43(39,40)18-9-15(26)14(20(36)33-30)8-17(18)35(21(16)37)10-12-4-6-13(7-5-12)19-32-22(42-34-19)25(27,28)29/h4-9,16H,10-11,30H2,1-3H3,(H,31,38)(H,33,36)/t16-/m0/s1. The molecule has 18 heteroatoms. The van der Waals surface area contributed by atoms with Crippen LogP contribution in [0.25, 0.3) is 11.4 Å². The number of halogens is 4. The predicted octanol–water partition coefficient (Wildman–Crippen LogP) is 2.71. The van der Waals surface area contributed by atoms with E-state index in [0.29, 0.717) is 11.6 Å². The maximum Gasteiger partial charge on any atom is 0.471 e. The molecule has 0 radical (unpaired) electrons. The van der Waals surface area contributed by atoms with Gasteiger partial charge in [-0.3, -0.25) is 15.0 Å². The van der Waals surface area contributed by atoms with Crippen molar-refractivity contribution < 1.29 is 49.6 Å². The first-order valence-electron chi connectivity index (χ1n) is 12.3. The molecular weight excluding hydrogens is 604 g/mol. The van der Waals surface area contributed by atoms with Crippen LogP contribution in [0.3, 0.4) is 0 Å². The van der Waals surface area contributed by atoms with Crippen LogP contribution in [0.15, 0.2) is 45.8 Å². The third kappa shape index (κ3) is 6.91. The Morgan fingerprint density at radius 2 is 1.81 bits per heavy atom. The number of hydrazine groups is 1. The van der Waals surface area contributed by atoms with E-state index < -0.39 is 73.5 Å². The Bertz CT molecular complexity index is 1690. The summed E-state index contributed by atoms with van der Waals surface area (Å²) in [5, 5.41) is 5.54. The van der Waals surface area contributed by atoms with E-state index in [1.165, 1.54) is 24.3 Å². The minimum Gasteiger partial charge on any atom is -0.444 e. The number of alkyl carbamates (subject to hydrolysis) is 1. The first kappa shape index (κ1) is 31.4. The quantitative estimate of drug-likeness (QED) is 0.164. The van der Waals surface area contributed by atoms with Gasteiger partial charge in [0.15, 0.2) is 9.84 Å². The van der Waals surface area contributed by atoms with Crippen LogP contribution in [-0.4, -0.2) is 53.9 Å². The van der Waals surface area contributed by atoms with E-state index in [1.807, 2.05) is 0 Å². The second-order valence-corrected chi connectivity index (χ2v) is 12.3. The zero-order chi connectivity index (χ0) is 31.9. The molecule has 0 saturated heterocycles. The van der Waals surface area contributed by atoms with E-state index in [1.54, 1.807) is 26.2 Å². The molecule has 4 N–H and O–H groups in total. The summed E-state index contributed by atoms with van der Waals surface area (Å²) < 4.78 is 89.4. The summed E-state index contributed by atoms with van der Waals surface area (Å²) in [6.45, 7) is 4.27. The Balaban J connectivity index is 1.76. The highest BCUT2D eigenvalue weighted by Gasteiger charge is 2.41. The van der Waals surface area contributed by atoms with Gasteiger partial charge in [0.1, 0.15) is 17.5 Å². The molecule has 13 nitrogen and oxygen atoms in total. The summed E-state index contributed by atoms with van der Waals surface area (Å²) in [7, 11) is -4.45.